The van der Waals surface area contributed by atoms with E-state index in [0.717, 1.165) is 56.1 Å². The lowest BCUT2D eigenvalue weighted by Crippen LogP contribution is -2.44. The molecular weight excluding hydrogens is 378 g/mol. The van der Waals surface area contributed by atoms with Crippen LogP contribution in [0.25, 0.3) is 10.9 Å². The smallest absolute Gasteiger partial charge is 0.292 e. The number of nitrogens with one attached hydrogen (secondary N) is 1. The second-order valence-corrected chi connectivity index (χ2v) is 8.80. The van der Waals surface area contributed by atoms with Crippen molar-refractivity contribution in [1.29, 1.82) is 0 Å². The lowest BCUT2D eigenvalue weighted by Gasteiger charge is -2.29. The van der Waals surface area contributed by atoms with Crippen molar-refractivity contribution in [2.45, 2.75) is 64.5 Å². The van der Waals surface area contributed by atoms with Gasteiger partial charge in [0.25, 0.3) is 11.7 Å². The number of nitrogens with zero attached hydrogens (tertiary/aromatic N) is 2. The number of ketones is 1. The minimum absolute atomic E-state index is 0.0595. The number of para-hydroxylation sites is 1. The number of hydrogen-bond acceptors (Lipinski definition) is 3. The summed E-state index contributed by atoms with van der Waals surface area (Å²) in [6.45, 7) is 3.92. The van der Waals surface area contributed by atoms with Crippen molar-refractivity contribution in [2.75, 3.05) is 13.1 Å². The maximum absolute atomic E-state index is 13.0. The first-order valence-corrected chi connectivity index (χ1v) is 11.3. The van der Waals surface area contributed by atoms with Gasteiger partial charge < -0.3 is 14.8 Å². The number of carbonyl (C=O) groups is 3. The van der Waals surface area contributed by atoms with E-state index in [2.05, 4.69) is 12.2 Å². The minimum atomic E-state index is -0.543. The average molecular weight is 410 g/mol. The van der Waals surface area contributed by atoms with E-state index < -0.39 is 11.7 Å². The lowest BCUT2D eigenvalue weighted by atomic mass is 9.86. The zero-order chi connectivity index (χ0) is 21.1. The van der Waals surface area contributed by atoms with E-state index in [4.69, 9.17) is 0 Å². The number of aromatic nitrogens is 1. The normalized spacial score (nSPS) is 22.1. The van der Waals surface area contributed by atoms with Crippen molar-refractivity contribution in [3.05, 3.63) is 36.0 Å². The molecule has 1 saturated carbocycles. The molecule has 2 aromatic rings. The first-order valence-electron chi connectivity index (χ1n) is 11.3. The molecule has 1 N–H and O–H groups in total. The van der Waals surface area contributed by atoms with Gasteiger partial charge in [0.2, 0.25) is 5.91 Å². The molecule has 160 valence electrons. The maximum Gasteiger partial charge on any atom is 0.292 e. The van der Waals surface area contributed by atoms with Crippen LogP contribution >= 0.6 is 0 Å². The zero-order valence-corrected chi connectivity index (χ0v) is 17.7. The highest BCUT2D eigenvalue weighted by Gasteiger charge is 2.28. The average Bonchev–Trinajstić information content (AvgIpc) is 3.14. The fourth-order valence-electron chi connectivity index (χ4n) is 4.83. The van der Waals surface area contributed by atoms with E-state index >= 15 is 0 Å². The molecule has 2 heterocycles. The lowest BCUT2D eigenvalue weighted by molar-refractivity contribution is -0.132. The van der Waals surface area contributed by atoms with Crippen LogP contribution in [0.15, 0.2) is 30.5 Å². The first-order chi connectivity index (χ1) is 14.5. The van der Waals surface area contributed by atoms with Gasteiger partial charge in [-0.1, -0.05) is 38.0 Å². The third kappa shape index (κ3) is 4.27. The Kier molecular flexibility index (Phi) is 6.21. The molecule has 1 aromatic carbocycles. The van der Waals surface area contributed by atoms with Crippen molar-refractivity contribution < 1.29 is 14.4 Å². The molecule has 1 aromatic heterocycles. The van der Waals surface area contributed by atoms with E-state index in [1.165, 1.54) is 12.8 Å². The summed E-state index contributed by atoms with van der Waals surface area (Å²) in [5, 5.41) is 3.68. The van der Waals surface area contributed by atoms with Crippen LogP contribution in [0.1, 0.15) is 62.2 Å². The number of benzene rings is 1. The molecule has 2 fully saturated rings. The van der Waals surface area contributed by atoms with Crippen LogP contribution in [0.5, 0.6) is 0 Å². The molecule has 30 heavy (non-hydrogen) atoms. The number of fused-ring (bicyclic) bond motifs is 1. The standard InChI is InChI=1S/C24H31N3O3/c1-17-9-3-5-11-20(17)25-24(30)23(29)19-15-27(21-12-6-4-10-18(19)21)16-22(28)26-13-7-2-8-14-26/h4,6,10,12,15,17,20H,2-3,5,7-9,11,13-14,16H2,1H3,(H,25,30). The van der Waals surface area contributed by atoms with Crippen LogP contribution in [-0.2, 0) is 16.1 Å². The van der Waals surface area contributed by atoms with Crippen molar-refractivity contribution in [1.82, 2.24) is 14.8 Å². The topological polar surface area (TPSA) is 71.4 Å². The fourth-order valence-corrected chi connectivity index (χ4v) is 4.83. The Balaban J connectivity index is 1.54. The third-order valence-electron chi connectivity index (χ3n) is 6.68. The van der Waals surface area contributed by atoms with Gasteiger partial charge in [-0.25, -0.2) is 0 Å². The molecule has 1 aliphatic heterocycles. The number of carbonyl (C=O) groups excluding carboxylic acids is 3. The highest BCUT2D eigenvalue weighted by atomic mass is 16.2. The van der Waals surface area contributed by atoms with E-state index in [0.29, 0.717) is 11.5 Å². The van der Waals surface area contributed by atoms with Gasteiger partial charge in [-0.3, -0.25) is 14.4 Å². The largest absolute Gasteiger partial charge is 0.346 e. The van der Waals surface area contributed by atoms with Gasteiger partial charge in [0.05, 0.1) is 5.56 Å². The van der Waals surface area contributed by atoms with Gasteiger partial charge in [0, 0.05) is 36.2 Å². The Morgan fingerprint density at radius 2 is 1.73 bits per heavy atom. The van der Waals surface area contributed by atoms with Crippen LogP contribution in [0, 0.1) is 5.92 Å². The molecule has 4 rings (SSSR count). The molecule has 0 spiro atoms. The van der Waals surface area contributed by atoms with Crippen molar-refractivity contribution >= 4 is 28.5 Å². The van der Waals surface area contributed by atoms with Gasteiger partial charge in [-0.15, -0.1) is 0 Å². The zero-order valence-electron chi connectivity index (χ0n) is 17.7. The number of rotatable bonds is 5. The molecule has 0 radical (unpaired) electrons. The molecule has 2 aliphatic rings. The van der Waals surface area contributed by atoms with Crippen LogP contribution in [0.3, 0.4) is 0 Å². The van der Waals surface area contributed by atoms with E-state index in [1.54, 1.807) is 6.20 Å². The molecule has 2 atom stereocenters. The number of piperidine rings is 1. The van der Waals surface area contributed by atoms with Gasteiger partial charge in [-0.05, 0) is 44.1 Å². The molecule has 0 bridgehead atoms. The van der Waals surface area contributed by atoms with Crippen LogP contribution in [0.4, 0.5) is 0 Å². The summed E-state index contributed by atoms with van der Waals surface area (Å²) in [5.41, 5.74) is 1.18. The van der Waals surface area contributed by atoms with E-state index in [-0.39, 0.29) is 18.5 Å². The Bertz CT molecular complexity index is 942. The molecule has 1 saturated heterocycles. The molecular formula is C24H31N3O3. The Labute approximate surface area is 177 Å². The molecule has 6 nitrogen and oxygen atoms in total. The molecule has 2 unspecified atom stereocenters. The SMILES string of the molecule is CC1CCCCC1NC(=O)C(=O)c1cn(CC(=O)N2CCCCC2)c2ccccc12. The predicted molar refractivity (Wildman–Crippen MR) is 116 cm³/mol. The second-order valence-electron chi connectivity index (χ2n) is 8.80. The summed E-state index contributed by atoms with van der Waals surface area (Å²) >= 11 is 0. The number of amides is 2. The fraction of sp³-hybridized carbons (Fsp3) is 0.542. The quantitative estimate of drug-likeness (QED) is 0.607. The molecule has 6 heteroatoms. The van der Waals surface area contributed by atoms with Gasteiger partial charge in [0.1, 0.15) is 6.54 Å². The monoisotopic (exact) mass is 409 g/mol. The first kappa shape index (κ1) is 20.6. The van der Waals surface area contributed by atoms with Gasteiger partial charge in [-0.2, -0.15) is 0 Å². The summed E-state index contributed by atoms with van der Waals surface area (Å²) < 4.78 is 1.82. The van der Waals surface area contributed by atoms with Crippen molar-refractivity contribution in [3.8, 4) is 0 Å². The van der Waals surface area contributed by atoms with Crippen molar-refractivity contribution in [3.63, 3.8) is 0 Å². The van der Waals surface area contributed by atoms with Crippen LogP contribution in [0.2, 0.25) is 0 Å². The second kappa shape index (κ2) is 9.02. The summed E-state index contributed by atoms with van der Waals surface area (Å²) in [4.78, 5) is 40.4. The van der Waals surface area contributed by atoms with E-state index in [9.17, 15) is 14.4 Å². The number of hydrogen-bond donors (Lipinski definition) is 1. The van der Waals surface area contributed by atoms with Crippen LogP contribution < -0.4 is 5.32 Å². The summed E-state index contributed by atoms with van der Waals surface area (Å²) in [6.07, 6.45) is 9.20. The summed E-state index contributed by atoms with van der Waals surface area (Å²) in [6, 6.07) is 7.56. The number of likely N-dealkylation sites (tertiary alicyclic amines) is 1. The highest BCUT2D eigenvalue weighted by Crippen LogP contribution is 2.25. The minimum Gasteiger partial charge on any atom is -0.346 e. The summed E-state index contributed by atoms with van der Waals surface area (Å²) in [5.74, 6) is -0.610. The Morgan fingerprint density at radius 3 is 2.50 bits per heavy atom. The predicted octanol–water partition coefficient (Wildman–Crippen LogP) is 3.53. The number of Topliss-reactive ketones (excluding diaryl/α,β-unsaturated/α-hetero) is 1. The maximum atomic E-state index is 13.0. The third-order valence-corrected chi connectivity index (χ3v) is 6.68. The Morgan fingerprint density at radius 1 is 1.00 bits per heavy atom. The van der Waals surface area contributed by atoms with Crippen LogP contribution in [-0.4, -0.2) is 46.2 Å². The molecule has 1 aliphatic carbocycles. The Hall–Kier alpha value is -2.63. The highest BCUT2D eigenvalue weighted by molar-refractivity contribution is 6.45. The van der Waals surface area contributed by atoms with Gasteiger partial charge in [0.15, 0.2) is 0 Å². The van der Waals surface area contributed by atoms with E-state index in [1.807, 2.05) is 33.7 Å². The van der Waals surface area contributed by atoms with Crippen molar-refractivity contribution in [2.24, 2.45) is 5.92 Å². The summed E-state index contributed by atoms with van der Waals surface area (Å²) in [7, 11) is 0. The van der Waals surface area contributed by atoms with Gasteiger partial charge >= 0.3 is 0 Å². The molecule has 2 amide bonds.